The van der Waals surface area contributed by atoms with E-state index in [9.17, 15) is 9.90 Å². The molecule has 0 aliphatic heterocycles. The molecular formula is C20H25N3O3. The number of esters is 1. The topological polar surface area (TPSA) is 97.3 Å². The number of ether oxygens (including phenoxy) is 1. The molecule has 138 valence electrons. The van der Waals surface area contributed by atoms with E-state index in [1.54, 1.807) is 18.2 Å². The Bertz CT molecular complexity index is 824. The third-order valence-corrected chi connectivity index (χ3v) is 4.01. The first-order valence-corrected chi connectivity index (χ1v) is 8.42. The molecule has 0 aromatic heterocycles. The first kappa shape index (κ1) is 19.4. The zero-order chi connectivity index (χ0) is 19.3. The highest BCUT2D eigenvalue weighted by atomic mass is 16.5. The lowest BCUT2D eigenvalue weighted by Gasteiger charge is -2.22. The third-order valence-electron chi connectivity index (χ3n) is 4.01. The van der Waals surface area contributed by atoms with Crippen molar-refractivity contribution < 1.29 is 14.6 Å². The molecule has 0 atom stereocenters. The molecule has 0 aliphatic carbocycles. The molecule has 2 aromatic rings. The summed E-state index contributed by atoms with van der Waals surface area (Å²) in [7, 11) is 1.36. The molecule has 0 radical (unpaired) electrons. The molecule has 0 unspecified atom stereocenters. The number of aromatic hydroxyl groups is 1. The molecule has 0 heterocycles. The van der Waals surface area contributed by atoms with Gasteiger partial charge in [-0.3, -0.25) is 4.79 Å². The second kappa shape index (κ2) is 7.99. The van der Waals surface area contributed by atoms with Crippen molar-refractivity contribution in [3.05, 3.63) is 47.5 Å². The van der Waals surface area contributed by atoms with Crippen molar-refractivity contribution in [3.8, 4) is 5.75 Å². The quantitative estimate of drug-likeness (QED) is 0.457. The normalized spacial score (nSPS) is 11.7. The van der Waals surface area contributed by atoms with Crippen LogP contribution in [0, 0.1) is 0 Å². The number of rotatable bonds is 5. The number of aryl methyl sites for hydroxylation is 1. The number of para-hydroxylation sites is 1. The summed E-state index contributed by atoms with van der Waals surface area (Å²) in [5.41, 5.74) is 8.61. The number of nitrogens with zero attached hydrogens (tertiary/aromatic N) is 2. The van der Waals surface area contributed by atoms with Crippen molar-refractivity contribution in [3.63, 3.8) is 0 Å². The Labute approximate surface area is 153 Å². The van der Waals surface area contributed by atoms with E-state index in [1.165, 1.54) is 7.11 Å². The van der Waals surface area contributed by atoms with Gasteiger partial charge in [-0.25, -0.2) is 0 Å². The number of hydrogen-bond donors (Lipinski definition) is 2. The summed E-state index contributed by atoms with van der Waals surface area (Å²) in [6, 6.07) is 10.8. The molecule has 0 aliphatic rings. The molecule has 3 N–H and O–H groups in total. The number of nitrogens with two attached hydrogens (primary N) is 1. The highest BCUT2D eigenvalue weighted by Gasteiger charge is 2.22. The number of carbonyl (C=O) groups excluding carboxylic acids is 1. The fourth-order valence-electron chi connectivity index (χ4n) is 2.50. The van der Waals surface area contributed by atoms with E-state index in [0.29, 0.717) is 23.5 Å². The van der Waals surface area contributed by atoms with Crippen LogP contribution in [0.1, 0.15) is 38.3 Å². The van der Waals surface area contributed by atoms with Crippen molar-refractivity contribution >= 4 is 23.0 Å². The zero-order valence-corrected chi connectivity index (χ0v) is 15.6. The van der Waals surface area contributed by atoms with E-state index < -0.39 is 0 Å². The van der Waals surface area contributed by atoms with Crippen molar-refractivity contribution in [1.29, 1.82) is 0 Å². The van der Waals surface area contributed by atoms with Crippen LogP contribution in [0.15, 0.2) is 46.6 Å². The van der Waals surface area contributed by atoms with E-state index in [0.717, 1.165) is 11.1 Å². The van der Waals surface area contributed by atoms with Crippen LogP contribution < -0.4 is 5.73 Å². The SMILES string of the molecule is COC(=O)CCc1cc(N=Nc2ccccc2N)c(O)c(C(C)(C)C)c1. The van der Waals surface area contributed by atoms with Crippen LogP contribution in [-0.2, 0) is 21.4 Å². The molecule has 2 aromatic carbocycles. The van der Waals surface area contributed by atoms with Gasteiger partial charge in [0.2, 0.25) is 0 Å². The molecular weight excluding hydrogens is 330 g/mol. The van der Waals surface area contributed by atoms with E-state index in [4.69, 9.17) is 10.5 Å². The molecule has 0 bridgehead atoms. The highest BCUT2D eigenvalue weighted by Crippen LogP contribution is 2.40. The van der Waals surface area contributed by atoms with Gasteiger partial charge in [-0.05, 0) is 35.6 Å². The number of nitrogen functional groups attached to an aromatic ring is 1. The predicted octanol–water partition coefficient (Wildman–Crippen LogP) is 4.79. The van der Waals surface area contributed by atoms with Gasteiger partial charge in [-0.15, -0.1) is 10.2 Å². The number of azo groups is 1. The molecule has 2 rings (SSSR count). The van der Waals surface area contributed by atoms with Crippen molar-refractivity contribution in [2.75, 3.05) is 12.8 Å². The number of methoxy groups -OCH3 is 1. The average molecular weight is 355 g/mol. The second-order valence-electron chi connectivity index (χ2n) is 7.10. The maximum Gasteiger partial charge on any atom is 0.305 e. The van der Waals surface area contributed by atoms with E-state index in [-0.39, 0.29) is 23.6 Å². The summed E-state index contributed by atoms with van der Waals surface area (Å²) in [6.45, 7) is 6.01. The van der Waals surface area contributed by atoms with Crippen LogP contribution in [0.4, 0.5) is 17.1 Å². The third kappa shape index (κ3) is 4.81. The van der Waals surface area contributed by atoms with Crippen molar-refractivity contribution in [2.45, 2.75) is 39.0 Å². The molecule has 0 amide bonds. The summed E-state index contributed by atoms with van der Waals surface area (Å²) in [6.07, 6.45) is 0.749. The molecule has 0 saturated heterocycles. The van der Waals surface area contributed by atoms with E-state index in [2.05, 4.69) is 10.2 Å². The number of benzene rings is 2. The first-order chi connectivity index (χ1) is 12.2. The van der Waals surface area contributed by atoms with Crippen molar-refractivity contribution in [2.24, 2.45) is 10.2 Å². The van der Waals surface area contributed by atoms with Crippen LogP contribution in [0.3, 0.4) is 0 Å². The molecule has 6 nitrogen and oxygen atoms in total. The Morgan fingerprint density at radius 2 is 1.81 bits per heavy atom. The summed E-state index contributed by atoms with van der Waals surface area (Å²) >= 11 is 0. The largest absolute Gasteiger partial charge is 0.505 e. The Morgan fingerprint density at radius 3 is 2.42 bits per heavy atom. The summed E-state index contributed by atoms with van der Waals surface area (Å²) in [4.78, 5) is 11.4. The van der Waals surface area contributed by atoms with Gasteiger partial charge in [0, 0.05) is 12.0 Å². The van der Waals surface area contributed by atoms with Crippen LogP contribution in [0.25, 0.3) is 0 Å². The Balaban J connectivity index is 2.43. The minimum Gasteiger partial charge on any atom is -0.505 e. The maximum absolute atomic E-state index is 11.4. The fourth-order valence-corrected chi connectivity index (χ4v) is 2.50. The van der Waals surface area contributed by atoms with Gasteiger partial charge in [0.05, 0.1) is 12.8 Å². The van der Waals surface area contributed by atoms with Crippen molar-refractivity contribution in [1.82, 2.24) is 0 Å². The Hall–Kier alpha value is -2.89. The molecule has 0 spiro atoms. The number of anilines is 1. The first-order valence-electron chi connectivity index (χ1n) is 8.42. The lowest BCUT2D eigenvalue weighted by Crippen LogP contribution is -2.12. The van der Waals surface area contributed by atoms with Gasteiger partial charge in [0.25, 0.3) is 0 Å². The van der Waals surface area contributed by atoms with Crippen LogP contribution in [0.2, 0.25) is 0 Å². The summed E-state index contributed by atoms with van der Waals surface area (Å²) in [5.74, 6) is -0.201. The van der Waals surface area contributed by atoms with E-state index >= 15 is 0 Å². The lowest BCUT2D eigenvalue weighted by molar-refractivity contribution is -0.140. The standard InChI is InChI=1S/C20H25N3O3/c1-20(2,3)14-11-13(9-10-18(24)26-4)12-17(19(14)25)23-22-16-8-6-5-7-15(16)21/h5-8,11-12,25H,9-10,21H2,1-4H3. The van der Waals surface area contributed by atoms with Gasteiger partial charge < -0.3 is 15.6 Å². The monoisotopic (exact) mass is 355 g/mol. The van der Waals surface area contributed by atoms with Gasteiger partial charge in [-0.1, -0.05) is 39.0 Å². The van der Waals surface area contributed by atoms with Crippen LogP contribution >= 0.6 is 0 Å². The predicted molar refractivity (Wildman–Crippen MR) is 102 cm³/mol. The minimum absolute atomic E-state index is 0.0811. The number of carbonyl (C=O) groups is 1. The molecule has 26 heavy (non-hydrogen) atoms. The van der Waals surface area contributed by atoms with E-state index in [1.807, 2.05) is 39.0 Å². The number of phenolic OH excluding ortho intramolecular Hbond substituents is 1. The molecule has 0 saturated carbocycles. The number of phenols is 1. The van der Waals surface area contributed by atoms with Gasteiger partial charge >= 0.3 is 5.97 Å². The average Bonchev–Trinajstić information content (AvgIpc) is 2.59. The highest BCUT2D eigenvalue weighted by molar-refractivity contribution is 5.70. The van der Waals surface area contributed by atoms with Gasteiger partial charge in [0.1, 0.15) is 17.1 Å². The summed E-state index contributed by atoms with van der Waals surface area (Å²) in [5, 5.41) is 19.0. The molecule has 0 fully saturated rings. The summed E-state index contributed by atoms with van der Waals surface area (Å²) < 4.78 is 4.70. The second-order valence-corrected chi connectivity index (χ2v) is 7.10. The smallest absolute Gasteiger partial charge is 0.305 e. The minimum atomic E-state index is -0.290. The molecule has 6 heteroatoms. The Morgan fingerprint density at radius 1 is 1.15 bits per heavy atom. The zero-order valence-electron chi connectivity index (χ0n) is 15.6. The van der Waals surface area contributed by atoms with Crippen LogP contribution in [0.5, 0.6) is 5.75 Å². The fraction of sp³-hybridized carbons (Fsp3) is 0.350. The van der Waals surface area contributed by atoms with Gasteiger partial charge in [-0.2, -0.15) is 0 Å². The number of hydrogen-bond acceptors (Lipinski definition) is 6. The maximum atomic E-state index is 11.4. The Kier molecular flexibility index (Phi) is 5.97. The van der Waals surface area contributed by atoms with Gasteiger partial charge in [0.15, 0.2) is 0 Å². The lowest BCUT2D eigenvalue weighted by atomic mass is 9.84. The van der Waals surface area contributed by atoms with Crippen LogP contribution in [-0.4, -0.2) is 18.2 Å².